The van der Waals surface area contributed by atoms with Crippen LogP contribution < -0.4 is 5.32 Å². The standard InChI is InChI=1S/C17H24N4OS/c22-17(18-8-5-15-6-11-23-14-15)13-20-9-2-1-4-16(20)12-21-10-3-7-19-21/h3,6-7,10-11,14,16H,1-2,4-5,8-9,12-13H2,(H,18,22)/t16-/m0/s1. The Morgan fingerprint density at radius 3 is 3.17 bits per heavy atom. The fraction of sp³-hybridized carbons (Fsp3) is 0.529. The molecule has 1 aliphatic rings. The van der Waals surface area contributed by atoms with E-state index in [1.165, 1.54) is 18.4 Å². The van der Waals surface area contributed by atoms with Gasteiger partial charge in [-0.1, -0.05) is 6.42 Å². The second-order valence-corrected chi connectivity index (χ2v) is 6.86. The van der Waals surface area contributed by atoms with Gasteiger partial charge in [0.15, 0.2) is 0 Å². The van der Waals surface area contributed by atoms with Crippen molar-refractivity contribution in [3.05, 3.63) is 40.8 Å². The van der Waals surface area contributed by atoms with Gasteiger partial charge in [-0.25, -0.2) is 0 Å². The summed E-state index contributed by atoms with van der Waals surface area (Å²) in [7, 11) is 0. The van der Waals surface area contributed by atoms with Crippen molar-refractivity contribution in [2.75, 3.05) is 19.6 Å². The van der Waals surface area contributed by atoms with Gasteiger partial charge in [0.25, 0.3) is 0 Å². The van der Waals surface area contributed by atoms with Crippen LogP contribution in [0.5, 0.6) is 0 Å². The highest BCUT2D eigenvalue weighted by molar-refractivity contribution is 7.07. The Labute approximate surface area is 141 Å². The number of hydrogen-bond acceptors (Lipinski definition) is 4. The molecule has 0 radical (unpaired) electrons. The van der Waals surface area contributed by atoms with Crippen molar-refractivity contribution in [2.45, 2.75) is 38.3 Å². The number of piperidine rings is 1. The van der Waals surface area contributed by atoms with Crippen LogP contribution in [0.3, 0.4) is 0 Å². The predicted molar refractivity (Wildman–Crippen MR) is 92.5 cm³/mol. The summed E-state index contributed by atoms with van der Waals surface area (Å²) in [6.45, 7) is 3.09. The van der Waals surface area contributed by atoms with E-state index in [-0.39, 0.29) is 5.91 Å². The first-order chi connectivity index (χ1) is 11.3. The van der Waals surface area contributed by atoms with E-state index < -0.39 is 0 Å². The minimum Gasteiger partial charge on any atom is -0.355 e. The van der Waals surface area contributed by atoms with Crippen molar-refractivity contribution in [3.8, 4) is 0 Å². The number of nitrogens with one attached hydrogen (secondary N) is 1. The molecular formula is C17H24N4OS. The molecule has 0 bridgehead atoms. The molecule has 2 aromatic rings. The zero-order valence-corrected chi connectivity index (χ0v) is 14.2. The van der Waals surface area contributed by atoms with E-state index in [0.29, 0.717) is 19.1 Å². The molecule has 1 amide bonds. The predicted octanol–water partition coefficient (Wildman–Crippen LogP) is 2.16. The second kappa shape index (κ2) is 8.26. The number of hydrogen-bond donors (Lipinski definition) is 1. The number of carbonyl (C=O) groups is 1. The molecule has 1 atom stereocenters. The van der Waals surface area contributed by atoms with Gasteiger partial charge in [-0.05, 0) is 54.3 Å². The molecule has 3 rings (SSSR count). The molecule has 0 saturated carbocycles. The first kappa shape index (κ1) is 16.2. The Morgan fingerprint density at radius 2 is 2.39 bits per heavy atom. The summed E-state index contributed by atoms with van der Waals surface area (Å²) in [4.78, 5) is 14.5. The van der Waals surface area contributed by atoms with Crippen molar-refractivity contribution < 1.29 is 4.79 Å². The van der Waals surface area contributed by atoms with Crippen LogP contribution in [0.1, 0.15) is 24.8 Å². The van der Waals surface area contributed by atoms with Gasteiger partial charge >= 0.3 is 0 Å². The summed E-state index contributed by atoms with van der Waals surface area (Å²) < 4.78 is 1.97. The van der Waals surface area contributed by atoms with Gasteiger partial charge in [0.2, 0.25) is 5.91 Å². The molecule has 5 nitrogen and oxygen atoms in total. The molecule has 3 heterocycles. The van der Waals surface area contributed by atoms with Crippen molar-refractivity contribution in [1.29, 1.82) is 0 Å². The van der Waals surface area contributed by atoms with Crippen molar-refractivity contribution in [3.63, 3.8) is 0 Å². The van der Waals surface area contributed by atoms with Crippen LogP contribution in [0, 0.1) is 0 Å². The molecule has 1 aliphatic heterocycles. The van der Waals surface area contributed by atoms with Gasteiger partial charge in [0, 0.05) is 25.0 Å². The molecule has 0 spiro atoms. The highest BCUT2D eigenvalue weighted by atomic mass is 32.1. The van der Waals surface area contributed by atoms with Crippen molar-refractivity contribution >= 4 is 17.2 Å². The molecule has 0 aromatic carbocycles. The largest absolute Gasteiger partial charge is 0.355 e. The molecule has 23 heavy (non-hydrogen) atoms. The van der Waals surface area contributed by atoms with E-state index in [9.17, 15) is 4.79 Å². The van der Waals surface area contributed by atoms with Crippen LogP contribution in [0.4, 0.5) is 0 Å². The average molecular weight is 332 g/mol. The minimum atomic E-state index is 0.132. The third-order valence-electron chi connectivity index (χ3n) is 4.37. The first-order valence-corrected chi connectivity index (χ1v) is 9.25. The maximum Gasteiger partial charge on any atom is 0.234 e. The average Bonchev–Trinajstić information content (AvgIpc) is 3.23. The Hall–Kier alpha value is -1.66. The van der Waals surface area contributed by atoms with Gasteiger partial charge < -0.3 is 5.32 Å². The van der Waals surface area contributed by atoms with E-state index in [1.807, 2.05) is 23.1 Å². The van der Waals surface area contributed by atoms with Crippen LogP contribution >= 0.6 is 11.3 Å². The van der Waals surface area contributed by atoms with Crippen LogP contribution in [0.25, 0.3) is 0 Å². The Kier molecular flexibility index (Phi) is 5.82. The van der Waals surface area contributed by atoms with E-state index in [4.69, 9.17) is 0 Å². The third kappa shape index (κ3) is 4.91. The summed E-state index contributed by atoms with van der Waals surface area (Å²) in [6.07, 6.45) is 8.27. The quantitative estimate of drug-likeness (QED) is 0.845. The lowest BCUT2D eigenvalue weighted by atomic mass is 10.0. The maximum absolute atomic E-state index is 12.2. The fourth-order valence-electron chi connectivity index (χ4n) is 3.12. The number of aromatic nitrogens is 2. The monoisotopic (exact) mass is 332 g/mol. The van der Waals surface area contributed by atoms with E-state index in [0.717, 1.165) is 25.9 Å². The number of likely N-dealkylation sites (tertiary alicyclic amines) is 1. The van der Waals surface area contributed by atoms with Gasteiger partial charge in [-0.3, -0.25) is 14.4 Å². The molecule has 1 fully saturated rings. The topological polar surface area (TPSA) is 50.2 Å². The molecule has 124 valence electrons. The van der Waals surface area contributed by atoms with E-state index in [1.54, 1.807) is 11.3 Å². The summed E-state index contributed by atoms with van der Waals surface area (Å²) in [6, 6.07) is 4.47. The zero-order valence-electron chi connectivity index (χ0n) is 13.4. The van der Waals surface area contributed by atoms with E-state index in [2.05, 4.69) is 32.1 Å². The van der Waals surface area contributed by atoms with Crippen molar-refractivity contribution in [1.82, 2.24) is 20.0 Å². The summed E-state index contributed by atoms with van der Waals surface area (Å²) in [5.74, 6) is 0.132. The van der Waals surface area contributed by atoms with Crippen LogP contribution in [0.15, 0.2) is 35.3 Å². The van der Waals surface area contributed by atoms with Crippen molar-refractivity contribution in [2.24, 2.45) is 0 Å². The normalized spacial score (nSPS) is 18.9. The fourth-order valence-corrected chi connectivity index (χ4v) is 3.82. The number of rotatable bonds is 7. The maximum atomic E-state index is 12.2. The molecule has 0 aliphatic carbocycles. The van der Waals surface area contributed by atoms with Crippen LogP contribution in [-0.4, -0.2) is 46.3 Å². The Morgan fingerprint density at radius 1 is 1.43 bits per heavy atom. The van der Waals surface area contributed by atoms with Crippen LogP contribution in [0.2, 0.25) is 0 Å². The van der Waals surface area contributed by atoms with Gasteiger partial charge in [0.05, 0.1) is 13.1 Å². The zero-order chi connectivity index (χ0) is 15.9. The molecule has 6 heteroatoms. The molecule has 2 aromatic heterocycles. The highest BCUT2D eigenvalue weighted by Gasteiger charge is 2.24. The minimum absolute atomic E-state index is 0.132. The SMILES string of the molecule is O=C(CN1CCCC[C@H]1Cn1cccn1)NCCc1ccsc1. The lowest BCUT2D eigenvalue weighted by Crippen LogP contribution is -2.47. The summed E-state index contributed by atoms with van der Waals surface area (Å²) in [5, 5.41) is 11.6. The lowest BCUT2D eigenvalue weighted by molar-refractivity contribution is -0.123. The highest BCUT2D eigenvalue weighted by Crippen LogP contribution is 2.18. The van der Waals surface area contributed by atoms with Gasteiger partial charge in [-0.2, -0.15) is 16.4 Å². The summed E-state index contributed by atoms with van der Waals surface area (Å²) in [5.41, 5.74) is 1.30. The number of amides is 1. The van der Waals surface area contributed by atoms with Gasteiger partial charge in [0.1, 0.15) is 0 Å². The summed E-state index contributed by atoms with van der Waals surface area (Å²) >= 11 is 1.70. The Balaban J connectivity index is 1.45. The number of thiophene rings is 1. The second-order valence-electron chi connectivity index (χ2n) is 6.08. The molecular weight excluding hydrogens is 308 g/mol. The molecule has 0 unspecified atom stereocenters. The molecule has 1 N–H and O–H groups in total. The Bertz CT molecular complexity index is 582. The lowest BCUT2D eigenvalue weighted by Gasteiger charge is -2.35. The smallest absolute Gasteiger partial charge is 0.234 e. The number of carbonyl (C=O) groups excluding carboxylic acids is 1. The van der Waals surface area contributed by atoms with Crippen LogP contribution in [-0.2, 0) is 17.8 Å². The van der Waals surface area contributed by atoms with Gasteiger partial charge in [-0.15, -0.1) is 0 Å². The third-order valence-corrected chi connectivity index (χ3v) is 5.10. The van der Waals surface area contributed by atoms with E-state index >= 15 is 0 Å². The first-order valence-electron chi connectivity index (χ1n) is 8.30. The molecule has 1 saturated heterocycles. The number of nitrogens with zero attached hydrogens (tertiary/aromatic N) is 3.